The van der Waals surface area contributed by atoms with Crippen LogP contribution in [0.3, 0.4) is 0 Å². The first-order valence-electron chi connectivity index (χ1n) is 6.34. The molecule has 0 bridgehead atoms. The Labute approximate surface area is 103 Å². The molecule has 1 saturated heterocycles. The van der Waals surface area contributed by atoms with E-state index in [1.54, 1.807) is 0 Å². The topological polar surface area (TPSA) is 41.5 Å². The molecule has 0 spiro atoms. The van der Waals surface area contributed by atoms with Crippen LogP contribution in [0.2, 0.25) is 0 Å². The smallest absolute Gasteiger partial charge is 0.0483 e. The van der Waals surface area contributed by atoms with E-state index in [4.69, 9.17) is 9.84 Å². The van der Waals surface area contributed by atoms with Crippen LogP contribution in [-0.2, 0) is 4.74 Å². The van der Waals surface area contributed by atoms with Crippen molar-refractivity contribution in [3.63, 3.8) is 0 Å². The molecular formula is C12H25NO2S. The number of aliphatic hydroxyl groups excluding tert-OH is 1. The molecule has 2 N–H and O–H groups in total. The second-order valence-corrected chi connectivity index (χ2v) is 5.74. The summed E-state index contributed by atoms with van der Waals surface area (Å²) in [5.41, 5.74) is 0.143. The Balaban J connectivity index is 2.21. The predicted octanol–water partition coefficient (Wildman–Crippen LogP) is 1.65. The molecule has 1 heterocycles. The average Bonchev–Trinajstić information content (AvgIpc) is 2.30. The van der Waals surface area contributed by atoms with E-state index in [2.05, 4.69) is 12.2 Å². The molecular weight excluding hydrogens is 222 g/mol. The largest absolute Gasteiger partial charge is 0.396 e. The minimum Gasteiger partial charge on any atom is -0.396 e. The highest BCUT2D eigenvalue weighted by molar-refractivity contribution is 7.99. The minimum atomic E-state index is 0.143. The molecule has 0 aromatic carbocycles. The molecule has 1 fully saturated rings. The lowest BCUT2D eigenvalue weighted by Crippen LogP contribution is -2.50. The second-order valence-electron chi connectivity index (χ2n) is 4.34. The fourth-order valence-corrected chi connectivity index (χ4v) is 2.80. The van der Waals surface area contributed by atoms with Crippen molar-refractivity contribution in [2.24, 2.45) is 0 Å². The van der Waals surface area contributed by atoms with Crippen molar-refractivity contribution >= 4 is 11.8 Å². The van der Waals surface area contributed by atoms with Crippen LogP contribution >= 0.6 is 11.8 Å². The monoisotopic (exact) mass is 247 g/mol. The Morgan fingerprint density at radius 2 is 2.12 bits per heavy atom. The SMILES string of the molecule is CCSCCCNC1(CCO)CCOCC1. The second kappa shape index (κ2) is 8.34. The first-order chi connectivity index (χ1) is 7.83. The van der Waals surface area contributed by atoms with Gasteiger partial charge in [-0.2, -0.15) is 11.8 Å². The van der Waals surface area contributed by atoms with Gasteiger partial charge in [0.15, 0.2) is 0 Å². The van der Waals surface area contributed by atoms with Crippen LogP contribution in [0, 0.1) is 0 Å². The zero-order chi connectivity index (χ0) is 11.7. The highest BCUT2D eigenvalue weighted by atomic mass is 32.2. The molecule has 0 aromatic rings. The molecule has 0 aliphatic carbocycles. The van der Waals surface area contributed by atoms with E-state index < -0.39 is 0 Å². The predicted molar refractivity (Wildman–Crippen MR) is 70.1 cm³/mol. The lowest BCUT2D eigenvalue weighted by Gasteiger charge is -2.38. The number of thioether (sulfide) groups is 1. The van der Waals surface area contributed by atoms with E-state index >= 15 is 0 Å². The van der Waals surface area contributed by atoms with Gasteiger partial charge in [-0.15, -0.1) is 0 Å². The number of ether oxygens (including phenoxy) is 1. The molecule has 0 saturated carbocycles. The molecule has 1 rings (SSSR count). The molecule has 0 amide bonds. The Morgan fingerprint density at radius 1 is 1.38 bits per heavy atom. The fourth-order valence-electron chi connectivity index (χ4n) is 2.16. The quantitative estimate of drug-likeness (QED) is 0.640. The van der Waals surface area contributed by atoms with Crippen LogP contribution in [0.15, 0.2) is 0 Å². The standard InChI is InChI=1S/C12H25NO2S/c1-2-16-11-3-7-13-12(4-8-14)5-9-15-10-6-12/h13-14H,2-11H2,1H3. The third-order valence-electron chi connectivity index (χ3n) is 3.21. The van der Waals surface area contributed by atoms with E-state index in [1.807, 2.05) is 11.8 Å². The van der Waals surface area contributed by atoms with Gasteiger partial charge in [-0.3, -0.25) is 0 Å². The van der Waals surface area contributed by atoms with Gasteiger partial charge < -0.3 is 15.2 Å². The van der Waals surface area contributed by atoms with E-state index in [9.17, 15) is 0 Å². The summed E-state index contributed by atoms with van der Waals surface area (Å²) in [5, 5.41) is 12.8. The molecule has 4 heteroatoms. The summed E-state index contributed by atoms with van der Waals surface area (Å²) in [5.74, 6) is 2.44. The summed E-state index contributed by atoms with van der Waals surface area (Å²) in [7, 11) is 0. The number of hydrogen-bond donors (Lipinski definition) is 2. The van der Waals surface area contributed by atoms with Crippen molar-refractivity contribution in [1.82, 2.24) is 5.32 Å². The van der Waals surface area contributed by atoms with Crippen molar-refractivity contribution < 1.29 is 9.84 Å². The maximum absolute atomic E-state index is 9.14. The summed E-state index contributed by atoms with van der Waals surface area (Å²) in [6, 6.07) is 0. The zero-order valence-electron chi connectivity index (χ0n) is 10.3. The van der Waals surface area contributed by atoms with Crippen molar-refractivity contribution in [3.8, 4) is 0 Å². The lowest BCUT2D eigenvalue weighted by atomic mass is 9.87. The van der Waals surface area contributed by atoms with Crippen molar-refractivity contribution in [3.05, 3.63) is 0 Å². The number of hydrogen-bond acceptors (Lipinski definition) is 4. The van der Waals surface area contributed by atoms with Crippen LogP contribution in [0.4, 0.5) is 0 Å². The van der Waals surface area contributed by atoms with Gasteiger partial charge in [-0.1, -0.05) is 6.92 Å². The third kappa shape index (κ3) is 5.04. The van der Waals surface area contributed by atoms with Crippen molar-refractivity contribution in [1.29, 1.82) is 0 Å². The first kappa shape index (κ1) is 14.3. The highest BCUT2D eigenvalue weighted by Gasteiger charge is 2.30. The first-order valence-corrected chi connectivity index (χ1v) is 7.50. The van der Waals surface area contributed by atoms with Gasteiger partial charge in [0.05, 0.1) is 0 Å². The molecule has 0 unspecified atom stereocenters. The minimum absolute atomic E-state index is 0.143. The molecule has 96 valence electrons. The molecule has 1 aliphatic heterocycles. The van der Waals surface area contributed by atoms with Crippen molar-refractivity contribution in [2.45, 2.75) is 38.1 Å². The van der Waals surface area contributed by atoms with Gasteiger partial charge in [-0.25, -0.2) is 0 Å². The van der Waals surface area contributed by atoms with Gasteiger partial charge in [0.2, 0.25) is 0 Å². The molecule has 0 atom stereocenters. The van der Waals surface area contributed by atoms with Gasteiger partial charge in [0.25, 0.3) is 0 Å². The molecule has 0 aromatic heterocycles. The summed E-state index contributed by atoms with van der Waals surface area (Å²) in [6.07, 6.45) is 4.15. The van der Waals surface area contributed by atoms with Crippen LogP contribution < -0.4 is 5.32 Å². The maximum atomic E-state index is 9.14. The Morgan fingerprint density at radius 3 is 2.75 bits per heavy atom. The third-order valence-corrected chi connectivity index (χ3v) is 4.20. The van der Waals surface area contributed by atoms with E-state index in [0.29, 0.717) is 0 Å². The molecule has 1 aliphatic rings. The van der Waals surface area contributed by atoms with Gasteiger partial charge in [0, 0.05) is 25.4 Å². The molecule has 0 radical (unpaired) electrons. The molecule has 16 heavy (non-hydrogen) atoms. The van der Waals surface area contributed by atoms with E-state index in [1.165, 1.54) is 17.9 Å². The van der Waals surface area contributed by atoms with Crippen LogP contribution in [0.25, 0.3) is 0 Å². The lowest BCUT2D eigenvalue weighted by molar-refractivity contribution is 0.0278. The van der Waals surface area contributed by atoms with Gasteiger partial charge in [-0.05, 0) is 43.7 Å². The number of nitrogens with one attached hydrogen (secondary N) is 1. The zero-order valence-corrected chi connectivity index (χ0v) is 11.2. The molecule has 3 nitrogen and oxygen atoms in total. The Kier molecular flexibility index (Phi) is 7.45. The van der Waals surface area contributed by atoms with Gasteiger partial charge >= 0.3 is 0 Å². The summed E-state index contributed by atoms with van der Waals surface area (Å²) in [4.78, 5) is 0. The number of aliphatic hydroxyl groups is 1. The van der Waals surface area contributed by atoms with Crippen LogP contribution in [-0.4, -0.2) is 48.5 Å². The summed E-state index contributed by atoms with van der Waals surface area (Å²) >= 11 is 1.99. The van der Waals surface area contributed by atoms with Crippen LogP contribution in [0.1, 0.15) is 32.6 Å². The van der Waals surface area contributed by atoms with E-state index in [0.717, 1.165) is 39.0 Å². The number of rotatable bonds is 8. The maximum Gasteiger partial charge on any atom is 0.0483 e. The fraction of sp³-hybridized carbons (Fsp3) is 1.00. The normalized spacial score (nSPS) is 19.9. The Hall–Kier alpha value is 0.230. The van der Waals surface area contributed by atoms with Gasteiger partial charge in [0.1, 0.15) is 0 Å². The van der Waals surface area contributed by atoms with Crippen molar-refractivity contribution in [2.75, 3.05) is 37.9 Å². The van der Waals surface area contributed by atoms with E-state index in [-0.39, 0.29) is 12.1 Å². The summed E-state index contributed by atoms with van der Waals surface area (Å²) in [6.45, 7) is 5.20. The summed E-state index contributed by atoms with van der Waals surface area (Å²) < 4.78 is 5.39. The van der Waals surface area contributed by atoms with Crippen LogP contribution in [0.5, 0.6) is 0 Å². The Bertz CT molecular complexity index is 167. The highest BCUT2D eigenvalue weighted by Crippen LogP contribution is 2.24. The average molecular weight is 247 g/mol.